The smallest absolute Gasteiger partial charge is 0.292 e. The number of nitrogens with zero attached hydrogens (tertiary/aromatic N) is 2. The van der Waals surface area contributed by atoms with Gasteiger partial charge in [-0.2, -0.15) is 0 Å². The normalized spacial score (nSPS) is 11.0. The maximum Gasteiger partial charge on any atom is 0.292 e. The summed E-state index contributed by atoms with van der Waals surface area (Å²) in [6.07, 6.45) is 1.62. The average molecular weight is 373 g/mol. The van der Waals surface area contributed by atoms with E-state index in [1.54, 1.807) is 21.7 Å². The highest BCUT2D eigenvalue weighted by molar-refractivity contribution is 6.45. The van der Waals surface area contributed by atoms with Crippen LogP contribution in [0.2, 0.25) is 0 Å². The van der Waals surface area contributed by atoms with Crippen molar-refractivity contribution in [3.8, 4) is 0 Å². The van der Waals surface area contributed by atoms with Crippen molar-refractivity contribution in [3.63, 3.8) is 0 Å². The van der Waals surface area contributed by atoms with E-state index in [1.807, 2.05) is 46.1 Å². The largest absolute Gasteiger partial charge is 0.344 e. The van der Waals surface area contributed by atoms with Crippen LogP contribution in [-0.2, 0) is 16.1 Å². The van der Waals surface area contributed by atoms with Gasteiger partial charge in [0.1, 0.15) is 6.54 Å². The minimum absolute atomic E-state index is 0.0156. The number of para-hydroxylation sites is 1. The van der Waals surface area contributed by atoms with Crippen LogP contribution in [0, 0.1) is 0 Å². The Morgan fingerprint density at radius 2 is 1.78 bits per heavy atom. The number of amides is 2. The van der Waals surface area contributed by atoms with Crippen LogP contribution >= 0.6 is 0 Å². The number of likely N-dealkylation sites (N-methyl/N-ethyl adjacent to an activating group) is 2. The first-order chi connectivity index (χ1) is 12.9. The predicted molar refractivity (Wildman–Crippen MR) is 105 cm³/mol. The van der Waals surface area contributed by atoms with Gasteiger partial charge in [-0.25, -0.2) is 0 Å². The number of carbonyl (C=O) groups excluding carboxylic acids is 3. The molecule has 0 unspecified atom stereocenters. The third-order valence-corrected chi connectivity index (χ3v) is 4.57. The van der Waals surface area contributed by atoms with Gasteiger partial charge in [0, 0.05) is 30.2 Å². The van der Waals surface area contributed by atoms with Gasteiger partial charge < -0.3 is 19.7 Å². The number of fused-ring (bicyclic) bond motifs is 1. The molecule has 27 heavy (non-hydrogen) atoms. The Kier molecular flexibility index (Phi) is 7.12. The molecule has 0 saturated carbocycles. The number of carbonyl (C=O) groups is 3. The predicted octanol–water partition coefficient (Wildman–Crippen LogP) is -0.0469. The van der Waals surface area contributed by atoms with Crippen LogP contribution in [0.15, 0.2) is 30.5 Å². The van der Waals surface area contributed by atoms with Crippen LogP contribution in [0.5, 0.6) is 0 Å². The van der Waals surface area contributed by atoms with E-state index < -0.39 is 11.7 Å². The number of rotatable bonds is 9. The fourth-order valence-corrected chi connectivity index (χ4v) is 3.01. The molecule has 2 aromatic rings. The zero-order valence-electron chi connectivity index (χ0n) is 16.5. The van der Waals surface area contributed by atoms with Gasteiger partial charge in [0.15, 0.2) is 0 Å². The maximum absolute atomic E-state index is 12.7. The molecule has 0 aliphatic rings. The lowest BCUT2D eigenvalue weighted by Crippen LogP contribution is -3.06. The molecule has 1 aromatic heterocycles. The molecule has 0 bridgehead atoms. The maximum atomic E-state index is 12.7. The zero-order chi connectivity index (χ0) is 20.0. The van der Waals surface area contributed by atoms with Crippen molar-refractivity contribution in [1.29, 1.82) is 0 Å². The number of ketones is 1. The lowest BCUT2D eigenvalue weighted by Gasteiger charge is -2.19. The number of hydrogen-bond donors (Lipinski definition) is 2. The highest BCUT2D eigenvalue weighted by Gasteiger charge is 2.22. The van der Waals surface area contributed by atoms with Crippen LogP contribution in [0.1, 0.15) is 24.2 Å². The quantitative estimate of drug-likeness (QED) is 0.478. The molecule has 1 aromatic carbocycles. The third-order valence-electron chi connectivity index (χ3n) is 4.57. The molecular formula is C20H29N4O3+. The zero-order valence-corrected chi connectivity index (χ0v) is 16.5. The highest BCUT2D eigenvalue weighted by Crippen LogP contribution is 2.22. The molecule has 0 radical (unpaired) electrons. The molecule has 7 nitrogen and oxygen atoms in total. The molecule has 2 amide bonds. The second-order valence-electron chi connectivity index (χ2n) is 6.80. The summed E-state index contributed by atoms with van der Waals surface area (Å²) in [4.78, 5) is 40.3. The first-order valence-corrected chi connectivity index (χ1v) is 9.36. The number of quaternary nitrogens is 1. The molecular weight excluding hydrogens is 344 g/mol. The molecule has 2 rings (SSSR count). The van der Waals surface area contributed by atoms with Gasteiger partial charge in [0.2, 0.25) is 5.91 Å². The van der Waals surface area contributed by atoms with Gasteiger partial charge in [-0.1, -0.05) is 18.2 Å². The fourth-order valence-electron chi connectivity index (χ4n) is 3.01. The van der Waals surface area contributed by atoms with Crippen molar-refractivity contribution >= 4 is 28.5 Å². The van der Waals surface area contributed by atoms with Crippen molar-refractivity contribution in [2.45, 2.75) is 20.4 Å². The third kappa shape index (κ3) is 4.95. The van der Waals surface area contributed by atoms with Crippen LogP contribution < -0.4 is 10.2 Å². The van der Waals surface area contributed by atoms with Crippen LogP contribution in [0.25, 0.3) is 10.9 Å². The molecule has 0 atom stereocenters. The number of benzene rings is 1. The Bertz CT molecular complexity index is 822. The van der Waals surface area contributed by atoms with Gasteiger partial charge in [0.25, 0.3) is 11.7 Å². The summed E-state index contributed by atoms with van der Waals surface area (Å²) in [5.74, 6) is -1.21. The van der Waals surface area contributed by atoms with Gasteiger partial charge in [-0.05, 0) is 19.9 Å². The topological polar surface area (TPSA) is 75.8 Å². The number of hydrogen-bond acceptors (Lipinski definition) is 3. The minimum Gasteiger partial charge on any atom is -0.344 e. The Labute approximate surface area is 159 Å². The van der Waals surface area contributed by atoms with Crippen LogP contribution in [0.4, 0.5) is 0 Å². The van der Waals surface area contributed by atoms with Crippen molar-refractivity contribution in [1.82, 2.24) is 14.8 Å². The number of nitrogens with one attached hydrogen (secondary N) is 2. The first kappa shape index (κ1) is 20.6. The summed E-state index contributed by atoms with van der Waals surface area (Å²) in [5.41, 5.74) is 1.10. The van der Waals surface area contributed by atoms with Gasteiger partial charge in [0.05, 0.1) is 32.7 Å². The Morgan fingerprint density at radius 1 is 1.11 bits per heavy atom. The average Bonchev–Trinajstić information content (AvgIpc) is 3.00. The van der Waals surface area contributed by atoms with Crippen LogP contribution in [0.3, 0.4) is 0 Å². The van der Waals surface area contributed by atoms with Crippen molar-refractivity contribution in [2.24, 2.45) is 0 Å². The Balaban J connectivity index is 2.26. The molecule has 146 valence electrons. The molecule has 0 aliphatic heterocycles. The van der Waals surface area contributed by atoms with Gasteiger partial charge >= 0.3 is 0 Å². The second kappa shape index (κ2) is 9.32. The SMILES string of the molecule is CCN(CC)C(=O)Cn1cc(C(=O)C(=O)NCC[NH+](C)C)c2ccccc21. The summed E-state index contributed by atoms with van der Waals surface area (Å²) in [6.45, 7) is 6.45. The van der Waals surface area contributed by atoms with Gasteiger partial charge in [-0.3, -0.25) is 14.4 Å². The first-order valence-electron chi connectivity index (χ1n) is 9.36. The summed E-state index contributed by atoms with van der Waals surface area (Å²) in [6, 6.07) is 7.34. The molecule has 0 spiro atoms. The lowest BCUT2D eigenvalue weighted by atomic mass is 10.1. The van der Waals surface area contributed by atoms with E-state index in [0.717, 1.165) is 12.1 Å². The van der Waals surface area contributed by atoms with E-state index in [4.69, 9.17) is 0 Å². The summed E-state index contributed by atoms with van der Waals surface area (Å²) in [5, 5.41) is 3.35. The lowest BCUT2D eigenvalue weighted by molar-refractivity contribution is -0.856. The summed E-state index contributed by atoms with van der Waals surface area (Å²) in [7, 11) is 3.96. The van der Waals surface area contributed by atoms with E-state index in [1.165, 1.54) is 4.90 Å². The van der Waals surface area contributed by atoms with Gasteiger partial charge in [-0.15, -0.1) is 0 Å². The Hall–Kier alpha value is -2.67. The molecule has 0 aliphatic carbocycles. The van der Waals surface area contributed by atoms with Crippen molar-refractivity contribution in [3.05, 3.63) is 36.0 Å². The molecule has 1 heterocycles. The molecule has 2 N–H and O–H groups in total. The molecule has 7 heteroatoms. The minimum atomic E-state index is -0.616. The van der Waals surface area contributed by atoms with E-state index >= 15 is 0 Å². The second-order valence-corrected chi connectivity index (χ2v) is 6.80. The standard InChI is InChI=1S/C20H28N4O3/c1-5-23(6-2)18(25)14-24-13-16(15-9-7-8-10-17(15)24)19(26)20(27)21-11-12-22(3)4/h7-10,13H,5-6,11-12,14H2,1-4H3,(H,21,27)/p+1. The monoisotopic (exact) mass is 373 g/mol. The van der Waals surface area contributed by atoms with Crippen molar-refractivity contribution < 1.29 is 19.3 Å². The van der Waals surface area contributed by atoms with E-state index in [2.05, 4.69) is 5.32 Å². The highest BCUT2D eigenvalue weighted by atomic mass is 16.2. The van der Waals surface area contributed by atoms with E-state index in [0.29, 0.717) is 30.6 Å². The summed E-state index contributed by atoms with van der Waals surface area (Å²) < 4.78 is 1.75. The Morgan fingerprint density at radius 3 is 2.41 bits per heavy atom. The fraction of sp³-hybridized carbons (Fsp3) is 0.450. The van der Waals surface area contributed by atoms with E-state index in [-0.39, 0.29) is 12.5 Å². The molecule has 0 fully saturated rings. The van der Waals surface area contributed by atoms with Crippen LogP contribution in [-0.4, -0.2) is 67.3 Å². The van der Waals surface area contributed by atoms with Crippen molar-refractivity contribution in [2.75, 3.05) is 40.3 Å². The molecule has 0 saturated heterocycles. The number of aromatic nitrogens is 1. The number of Topliss-reactive ketones (excluding diaryl/α,β-unsaturated/α-hetero) is 1. The van der Waals surface area contributed by atoms with E-state index in [9.17, 15) is 14.4 Å². The summed E-state index contributed by atoms with van der Waals surface area (Å²) >= 11 is 0.